The molecule has 0 aromatic carbocycles. The third kappa shape index (κ3) is 3.31. The third-order valence-electron chi connectivity index (χ3n) is 2.98. The Bertz CT molecular complexity index is 589. The zero-order chi connectivity index (χ0) is 14.8. The summed E-state index contributed by atoms with van der Waals surface area (Å²) in [6.45, 7) is 4.83. The van der Waals surface area contributed by atoms with E-state index in [0.29, 0.717) is 18.1 Å². The highest BCUT2D eigenvalue weighted by molar-refractivity contribution is 7.90. The number of hydrogen-bond donors (Lipinski definition) is 1. The molecule has 1 aromatic heterocycles. The monoisotopic (exact) mass is 318 g/mol. The summed E-state index contributed by atoms with van der Waals surface area (Å²) in [6.07, 6.45) is 1.74. The standard InChI is InChI=1S/C12H18N2O4S2/c1-3-18-12(15)10-8-9(2)19-11(10)13-20(16,17)14-6-4-5-7-14/h8,13H,3-7H2,1-2H3. The Morgan fingerprint density at radius 2 is 2.10 bits per heavy atom. The van der Waals surface area contributed by atoms with E-state index in [9.17, 15) is 13.2 Å². The van der Waals surface area contributed by atoms with Crippen LogP contribution in [0.3, 0.4) is 0 Å². The van der Waals surface area contributed by atoms with Crippen molar-refractivity contribution in [2.45, 2.75) is 26.7 Å². The fourth-order valence-electron chi connectivity index (χ4n) is 2.06. The predicted octanol–water partition coefficient (Wildman–Crippen LogP) is 1.99. The fraction of sp³-hybridized carbons (Fsp3) is 0.583. The molecule has 112 valence electrons. The molecule has 1 aliphatic heterocycles. The van der Waals surface area contributed by atoms with Gasteiger partial charge in [0.15, 0.2) is 0 Å². The van der Waals surface area contributed by atoms with Gasteiger partial charge in [-0.25, -0.2) is 4.79 Å². The summed E-state index contributed by atoms with van der Waals surface area (Å²) in [4.78, 5) is 12.7. The van der Waals surface area contributed by atoms with Crippen LogP contribution in [0.2, 0.25) is 0 Å². The van der Waals surface area contributed by atoms with Crippen molar-refractivity contribution in [3.8, 4) is 0 Å². The molecule has 0 amide bonds. The fourth-order valence-corrected chi connectivity index (χ4v) is 4.51. The second-order valence-electron chi connectivity index (χ2n) is 4.53. The van der Waals surface area contributed by atoms with E-state index in [-0.39, 0.29) is 12.2 Å². The summed E-state index contributed by atoms with van der Waals surface area (Å²) in [5, 5.41) is 0.327. The summed E-state index contributed by atoms with van der Waals surface area (Å²) in [5.74, 6) is -0.504. The molecule has 1 N–H and O–H groups in total. The molecule has 8 heteroatoms. The van der Waals surface area contributed by atoms with Crippen molar-refractivity contribution < 1.29 is 17.9 Å². The zero-order valence-electron chi connectivity index (χ0n) is 11.5. The van der Waals surface area contributed by atoms with E-state index in [1.807, 2.05) is 6.92 Å². The molecule has 0 spiro atoms. The second kappa shape index (κ2) is 6.11. The van der Waals surface area contributed by atoms with Crippen LogP contribution in [0.5, 0.6) is 0 Å². The van der Waals surface area contributed by atoms with Gasteiger partial charge in [-0.1, -0.05) is 0 Å². The first kappa shape index (κ1) is 15.3. The van der Waals surface area contributed by atoms with E-state index < -0.39 is 16.2 Å². The lowest BCUT2D eigenvalue weighted by Gasteiger charge is -2.16. The number of carbonyl (C=O) groups is 1. The number of nitrogens with one attached hydrogen (secondary N) is 1. The minimum Gasteiger partial charge on any atom is -0.462 e. The van der Waals surface area contributed by atoms with E-state index in [1.54, 1.807) is 13.0 Å². The number of carbonyl (C=O) groups excluding carboxylic acids is 1. The number of nitrogens with zero attached hydrogens (tertiary/aromatic N) is 1. The van der Waals surface area contributed by atoms with Crippen LogP contribution in [0, 0.1) is 6.92 Å². The van der Waals surface area contributed by atoms with Crippen molar-refractivity contribution in [1.82, 2.24) is 4.31 Å². The molecule has 2 rings (SSSR count). The van der Waals surface area contributed by atoms with Gasteiger partial charge < -0.3 is 4.74 Å². The summed E-state index contributed by atoms with van der Waals surface area (Å²) < 4.78 is 33.3. The third-order valence-corrected chi connectivity index (χ3v) is 5.58. The summed E-state index contributed by atoms with van der Waals surface area (Å²) >= 11 is 1.24. The Kier molecular flexibility index (Phi) is 4.66. The summed E-state index contributed by atoms with van der Waals surface area (Å²) in [5.41, 5.74) is 0.275. The zero-order valence-corrected chi connectivity index (χ0v) is 13.1. The molecular formula is C12H18N2O4S2. The molecule has 1 saturated heterocycles. The average Bonchev–Trinajstić information content (AvgIpc) is 2.98. The van der Waals surface area contributed by atoms with Crippen LogP contribution >= 0.6 is 11.3 Å². The van der Waals surface area contributed by atoms with E-state index in [4.69, 9.17) is 4.74 Å². The molecule has 1 aromatic rings. The van der Waals surface area contributed by atoms with Crippen molar-refractivity contribution in [3.05, 3.63) is 16.5 Å². The topological polar surface area (TPSA) is 75.7 Å². The van der Waals surface area contributed by atoms with Gasteiger partial charge in [0, 0.05) is 18.0 Å². The number of hydrogen-bond acceptors (Lipinski definition) is 5. The van der Waals surface area contributed by atoms with Gasteiger partial charge >= 0.3 is 16.2 Å². The minimum absolute atomic E-state index is 0.256. The SMILES string of the molecule is CCOC(=O)c1cc(C)sc1NS(=O)(=O)N1CCCC1. The highest BCUT2D eigenvalue weighted by Crippen LogP contribution is 2.30. The van der Waals surface area contributed by atoms with Gasteiger partial charge in [0.2, 0.25) is 0 Å². The van der Waals surface area contributed by atoms with Crippen LogP contribution in [0.15, 0.2) is 6.07 Å². The first-order valence-electron chi connectivity index (χ1n) is 6.49. The van der Waals surface area contributed by atoms with E-state index in [1.165, 1.54) is 15.6 Å². The maximum absolute atomic E-state index is 12.2. The largest absolute Gasteiger partial charge is 0.462 e. The van der Waals surface area contributed by atoms with Gasteiger partial charge in [0.05, 0.1) is 12.2 Å². The molecule has 1 fully saturated rings. The number of ether oxygens (including phenoxy) is 1. The van der Waals surface area contributed by atoms with Gasteiger partial charge in [-0.3, -0.25) is 4.72 Å². The Labute approximate surface area is 122 Å². The van der Waals surface area contributed by atoms with Crippen LogP contribution in [0.1, 0.15) is 35.0 Å². The van der Waals surface area contributed by atoms with Crippen molar-refractivity contribution in [3.63, 3.8) is 0 Å². The molecule has 20 heavy (non-hydrogen) atoms. The first-order valence-corrected chi connectivity index (χ1v) is 8.75. The van der Waals surface area contributed by atoms with Crippen LogP contribution in [0.25, 0.3) is 0 Å². The molecule has 0 bridgehead atoms. The van der Waals surface area contributed by atoms with Gasteiger partial charge in [-0.05, 0) is 32.8 Å². The minimum atomic E-state index is -3.58. The summed E-state index contributed by atoms with van der Waals surface area (Å²) in [7, 11) is -3.58. The molecule has 0 atom stereocenters. The van der Waals surface area contributed by atoms with Gasteiger partial charge in [0.25, 0.3) is 0 Å². The molecule has 2 heterocycles. The Hall–Kier alpha value is -1.12. The maximum Gasteiger partial charge on any atom is 0.341 e. The number of thiophene rings is 1. The van der Waals surface area contributed by atoms with Crippen LogP contribution in [-0.4, -0.2) is 38.4 Å². The first-order chi connectivity index (χ1) is 9.44. The molecular weight excluding hydrogens is 300 g/mol. The molecule has 0 radical (unpaired) electrons. The Balaban J connectivity index is 2.22. The predicted molar refractivity (Wildman–Crippen MR) is 78.4 cm³/mol. The number of rotatable bonds is 5. The lowest BCUT2D eigenvalue weighted by molar-refractivity contribution is 0.0528. The van der Waals surface area contributed by atoms with E-state index >= 15 is 0 Å². The number of anilines is 1. The summed E-state index contributed by atoms with van der Waals surface area (Å²) in [6, 6.07) is 1.64. The van der Waals surface area contributed by atoms with Crippen LogP contribution < -0.4 is 4.72 Å². The smallest absolute Gasteiger partial charge is 0.341 e. The second-order valence-corrected chi connectivity index (χ2v) is 7.46. The van der Waals surface area contributed by atoms with E-state index in [2.05, 4.69) is 4.72 Å². The van der Waals surface area contributed by atoms with Crippen molar-refractivity contribution in [2.24, 2.45) is 0 Å². The van der Waals surface area contributed by atoms with Crippen molar-refractivity contribution in [1.29, 1.82) is 0 Å². The highest BCUT2D eigenvalue weighted by Gasteiger charge is 2.27. The van der Waals surface area contributed by atoms with Gasteiger partial charge in [-0.15, -0.1) is 11.3 Å². The lowest BCUT2D eigenvalue weighted by Crippen LogP contribution is -2.33. The van der Waals surface area contributed by atoms with Crippen molar-refractivity contribution >= 4 is 32.5 Å². The van der Waals surface area contributed by atoms with Crippen LogP contribution in [0.4, 0.5) is 5.00 Å². The maximum atomic E-state index is 12.2. The number of aryl methyl sites for hydroxylation is 1. The normalized spacial score (nSPS) is 16.3. The van der Waals surface area contributed by atoms with Gasteiger partial charge in [0.1, 0.15) is 5.00 Å². The average molecular weight is 318 g/mol. The Morgan fingerprint density at radius 3 is 2.70 bits per heavy atom. The van der Waals surface area contributed by atoms with E-state index in [0.717, 1.165) is 17.7 Å². The molecule has 1 aliphatic rings. The number of esters is 1. The van der Waals surface area contributed by atoms with Crippen LogP contribution in [-0.2, 0) is 14.9 Å². The lowest BCUT2D eigenvalue weighted by atomic mass is 10.3. The quantitative estimate of drug-likeness (QED) is 0.842. The van der Waals surface area contributed by atoms with Crippen molar-refractivity contribution in [2.75, 3.05) is 24.4 Å². The molecule has 0 aliphatic carbocycles. The molecule has 0 saturated carbocycles. The Morgan fingerprint density at radius 1 is 1.45 bits per heavy atom. The highest BCUT2D eigenvalue weighted by atomic mass is 32.2. The molecule has 6 nitrogen and oxygen atoms in total. The molecule has 0 unspecified atom stereocenters. The van der Waals surface area contributed by atoms with Gasteiger partial charge in [-0.2, -0.15) is 12.7 Å².